The molecule has 0 bridgehead atoms. The molecule has 9 heteroatoms. The van der Waals surface area contributed by atoms with Crippen LogP contribution in [0.4, 0.5) is 0 Å². The number of nitrogens with one attached hydrogen (secondary N) is 1. The van der Waals surface area contributed by atoms with Crippen molar-refractivity contribution < 1.29 is 39.8 Å². The van der Waals surface area contributed by atoms with Crippen LogP contribution in [0.3, 0.4) is 0 Å². The summed E-state index contributed by atoms with van der Waals surface area (Å²) in [6, 6.07) is -0.855. The molecule has 7 unspecified atom stereocenters. The number of hydrogen-bond acceptors (Lipinski definition) is 8. The van der Waals surface area contributed by atoms with Gasteiger partial charge < -0.3 is 40.3 Å². The summed E-state index contributed by atoms with van der Waals surface area (Å²) in [5.74, 6) is -0.230. The lowest BCUT2D eigenvalue weighted by Crippen LogP contribution is -2.60. The molecule has 0 spiro atoms. The lowest BCUT2D eigenvalue weighted by Gasteiger charge is -2.40. The molecule has 1 saturated heterocycles. The fourth-order valence-corrected chi connectivity index (χ4v) is 6.64. The van der Waals surface area contributed by atoms with E-state index in [0.29, 0.717) is 12.8 Å². The average Bonchev–Trinajstić information content (AvgIpc) is 3.28. The van der Waals surface area contributed by atoms with Crippen LogP contribution in [0.15, 0.2) is 122 Å². The highest BCUT2D eigenvalue weighted by molar-refractivity contribution is 5.76. The maximum absolute atomic E-state index is 13.0. The molecule has 0 saturated carbocycles. The summed E-state index contributed by atoms with van der Waals surface area (Å²) < 4.78 is 11.2. The summed E-state index contributed by atoms with van der Waals surface area (Å²) in [7, 11) is 0. The van der Waals surface area contributed by atoms with E-state index in [0.717, 1.165) is 89.9 Å². The molecule has 356 valence electrons. The SMILES string of the molecule is CC/C=C\C/C=C\C/C=C\C/C=C\C/C=C\C/C=C\C/C=C\CCCCCC(=O)NC(COC1OC(CO)C(O)C(O)C1O)C(O)/C=C/CC/C=C/CC/C=C/CCCCCCC. The molecule has 1 fully saturated rings. The van der Waals surface area contributed by atoms with Gasteiger partial charge in [-0.05, 0) is 103 Å². The maximum Gasteiger partial charge on any atom is 0.220 e. The predicted molar refractivity (Wildman–Crippen MR) is 262 cm³/mol. The molecule has 6 N–H and O–H groups in total. The number of carbonyl (C=O) groups excluding carboxylic acids is 1. The minimum absolute atomic E-state index is 0.229. The summed E-state index contributed by atoms with van der Waals surface area (Å²) in [5.41, 5.74) is 0. The van der Waals surface area contributed by atoms with Gasteiger partial charge in [0.15, 0.2) is 6.29 Å². The average molecular weight is 878 g/mol. The standard InChI is InChI=1S/C54H87NO8/c1-3-5-7-9-11-13-15-17-19-20-21-22-23-24-25-26-27-28-30-32-34-36-38-40-42-44-50(58)55-47(46-62-54-53(61)52(60)51(59)49(45-56)63-54)48(57)43-41-39-37-35-33-31-29-18-16-14-12-10-8-6-4-2/h5,7,11,13,16-19,21-22,24-25,27-28,32-35,41,43,47-49,51-54,56-57,59-61H,3-4,6,8-10,12,14-15,20,23,26,29-31,36-40,42,44-46H2,1-2H3,(H,55,58)/b7-5-,13-11-,18-16+,19-17-,22-21-,25-24-,28-27-,34-32-,35-33+,43-41+. The van der Waals surface area contributed by atoms with Crippen LogP contribution in [-0.2, 0) is 14.3 Å². The second kappa shape index (κ2) is 42.5. The summed E-state index contributed by atoms with van der Waals surface area (Å²) >= 11 is 0. The highest BCUT2D eigenvalue weighted by Gasteiger charge is 2.44. The van der Waals surface area contributed by atoms with Crippen molar-refractivity contribution in [3.8, 4) is 0 Å². The van der Waals surface area contributed by atoms with E-state index in [2.05, 4.69) is 129 Å². The molecule has 9 nitrogen and oxygen atoms in total. The molecule has 0 aromatic carbocycles. The first-order valence-electron chi connectivity index (χ1n) is 24.3. The third-order valence-electron chi connectivity index (χ3n) is 10.5. The van der Waals surface area contributed by atoms with Crippen LogP contribution < -0.4 is 5.32 Å². The zero-order valence-corrected chi connectivity index (χ0v) is 39.0. The smallest absolute Gasteiger partial charge is 0.220 e. The molecular weight excluding hydrogens is 791 g/mol. The van der Waals surface area contributed by atoms with Gasteiger partial charge in [-0.25, -0.2) is 0 Å². The second-order valence-electron chi connectivity index (χ2n) is 16.1. The normalized spacial score (nSPS) is 21.3. The van der Waals surface area contributed by atoms with Crippen molar-refractivity contribution in [2.24, 2.45) is 0 Å². The first-order valence-corrected chi connectivity index (χ1v) is 24.3. The highest BCUT2D eigenvalue weighted by atomic mass is 16.7. The molecular formula is C54H87NO8. The van der Waals surface area contributed by atoms with Crippen LogP contribution in [0.2, 0.25) is 0 Å². The molecule has 0 aromatic rings. The Morgan fingerprint density at radius 2 is 1.00 bits per heavy atom. The van der Waals surface area contributed by atoms with Gasteiger partial charge in [0.1, 0.15) is 24.4 Å². The molecule has 1 amide bonds. The highest BCUT2D eigenvalue weighted by Crippen LogP contribution is 2.22. The number of hydrogen-bond donors (Lipinski definition) is 6. The molecule has 1 aliphatic heterocycles. The molecule has 1 aliphatic rings. The van der Waals surface area contributed by atoms with E-state index in [1.165, 1.54) is 32.1 Å². The van der Waals surface area contributed by atoms with Crippen molar-refractivity contribution in [1.29, 1.82) is 0 Å². The fraction of sp³-hybridized carbons (Fsp3) is 0.611. The van der Waals surface area contributed by atoms with E-state index in [9.17, 15) is 30.3 Å². The Labute approximate surface area is 382 Å². The molecule has 0 aliphatic carbocycles. The van der Waals surface area contributed by atoms with Gasteiger partial charge >= 0.3 is 0 Å². The lowest BCUT2D eigenvalue weighted by atomic mass is 9.99. The Morgan fingerprint density at radius 1 is 0.556 bits per heavy atom. The van der Waals surface area contributed by atoms with E-state index in [-0.39, 0.29) is 18.9 Å². The first-order chi connectivity index (χ1) is 30.8. The summed E-state index contributed by atoms with van der Waals surface area (Å²) in [6.07, 6.45) is 56.7. The van der Waals surface area contributed by atoms with Crippen molar-refractivity contribution in [1.82, 2.24) is 5.32 Å². The second-order valence-corrected chi connectivity index (χ2v) is 16.1. The van der Waals surface area contributed by atoms with Gasteiger partial charge in [-0.15, -0.1) is 0 Å². The van der Waals surface area contributed by atoms with Gasteiger partial charge in [-0.3, -0.25) is 4.79 Å². The monoisotopic (exact) mass is 878 g/mol. The Kier molecular flexibility index (Phi) is 38.9. The van der Waals surface area contributed by atoms with Crippen LogP contribution in [0.25, 0.3) is 0 Å². The van der Waals surface area contributed by atoms with Crippen LogP contribution >= 0.6 is 0 Å². The number of amides is 1. The topological polar surface area (TPSA) is 149 Å². The number of rotatable bonds is 38. The minimum atomic E-state index is -1.59. The summed E-state index contributed by atoms with van der Waals surface area (Å²) in [4.78, 5) is 13.0. The van der Waals surface area contributed by atoms with Crippen LogP contribution in [0.1, 0.15) is 155 Å². The van der Waals surface area contributed by atoms with E-state index < -0.39 is 49.5 Å². The van der Waals surface area contributed by atoms with Crippen LogP contribution in [0.5, 0.6) is 0 Å². The van der Waals surface area contributed by atoms with Crippen molar-refractivity contribution in [2.45, 2.75) is 198 Å². The Morgan fingerprint density at radius 3 is 1.51 bits per heavy atom. The molecule has 0 aromatic heterocycles. The Hall–Kier alpha value is -3.41. The van der Waals surface area contributed by atoms with Crippen molar-refractivity contribution in [2.75, 3.05) is 13.2 Å². The summed E-state index contributed by atoms with van der Waals surface area (Å²) in [5, 5.41) is 54.2. The summed E-state index contributed by atoms with van der Waals surface area (Å²) in [6.45, 7) is 3.57. The maximum atomic E-state index is 13.0. The number of aliphatic hydroxyl groups is 5. The van der Waals surface area contributed by atoms with Gasteiger partial charge in [0.05, 0.1) is 25.4 Å². The third-order valence-corrected chi connectivity index (χ3v) is 10.5. The number of carbonyl (C=O) groups is 1. The first kappa shape index (κ1) is 57.6. The third kappa shape index (κ3) is 32.8. The van der Waals surface area contributed by atoms with E-state index >= 15 is 0 Å². The Bertz CT molecular complexity index is 1390. The van der Waals surface area contributed by atoms with Crippen LogP contribution in [0, 0.1) is 0 Å². The van der Waals surface area contributed by atoms with Gasteiger partial charge in [0, 0.05) is 6.42 Å². The zero-order valence-electron chi connectivity index (χ0n) is 39.0. The molecule has 0 radical (unpaired) electrons. The number of ether oxygens (including phenoxy) is 2. The Balaban J connectivity index is 2.39. The fourth-order valence-electron chi connectivity index (χ4n) is 6.64. The van der Waals surface area contributed by atoms with Crippen molar-refractivity contribution in [3.63, 3.8) is 0 Å². The van der Waals surface area contributed by atoms with Crippen molar-refractivity contribution >= 4 is 5.91 Å². The van der Waals surface area contributed by atoms with E-state index in [1.807, 2.05) is 6.08 Å². The van der Waals surface area contributed by atoms with Crippen molar-refractivity contribution in [3.05, 3.63) is 122 Å². The molecule has 7 atom stereocenters. The van der Waals surface area contributed by atoms with Gasteiger partial charge in [0.25, 0.3) is 0 Å². The van der Waals surface area contributed by atoms with Crippen LogP contribution in [-0.4, -0.2) is 87.5 Å². The van der Waals surface area contributed by atoms with Gasteiger partial charge in [-0.2, -0.15) is 0 Å². The molecule has 1 rings (SSSR count). The minimum Gasteiger partial charge on any atom is -0.394 e. The largest absolute Gasteiger partial charge is 0.394 e. The van der Waals surface area contributed by atoms with Gasteiger partial charge in [0.2, 0.25) is 5.91 Å². The van der Waals surface area contributed by atoms with E-state index in [4.69, 9.17) is 9.47 Å². The number of aliphatic hydroxyl groups excluding tert-OH is 5. The quantitative estimate of drug-likeness (QED) is 0.0265. The zero-order chi connectivity index (χ0) is 45.9. The lowest BCUT2D eigenvalue weighted by molar-refractivity contribution is -0.302. The molecule has 63 heavy (non-hydrogen) atoms. The van der Waals surface area contributed by atoms with E-state index in [1.54, 1.807) is 6.08 Å². The number of unbranched alkanes of at least 4 members (excludes halogenated alkanes) is 10. The molecule has 1 heterocycles. The van der Waals surface area contributed by atoms with Gasteiger partial charge in [-0.1, -0.05) is 167 Å². The predicted octanol–water partition coefficient (Wildman–Crippen LogP) is 10.8. The number of allylic oxidation sites excluding steroid dienone is 19.